The van der Waals surface area contributed by atoms with E-state index < -0.39 is 5.41 Å². The van der Waals surface area contributed by atoms with Crippen molar-refractivity contribution >= 4 is 11.9 Å². The molecule has 4 nitrogen and oxygen atoms in total. The maximum Gasteiger partial charge on any atom is 0.338 e. The van der Waals surface area contributed by atoms with Gasteiger partial charge in [-0.2, -0.15) is 0 Å². The van der Waals surface area contributed by atoms with Crippen LogP contribution in [0.15, 0.2) is 48.5 Å². The number of carbonyl (C=O) groups excluding carboxylic acids is 2. The second-order valence-corrected chi connectivity index (χ2v) is 6.03. The van der Waals surface area contributed by atoms with Gasteiger partial charge in [0.15, 0.2) is 0 Å². The van der Waals surface area contributed by atoms with Crippen LogP contribution in [0.3, 0.4) is 0 Å². The minimum absolute atomic E-state index is 0.335. The lowest BCUT2D eigenvalue weighted by molar-refractivity contribution is 0.0516. The van der Waals surface area contributed by atoms with Crippen molar-refractivity contribution in [3.63, 3.8) is 0 Å². The Morgan fingerprint density at radius 3 is 1.96 bits per heavy atom. The summed E-state index contributed by atoms with van der Waals surface area (Å²) >= 11 is 0. The Kier molecular flexibility index (Phi) is 6.56. The average Bonchev–Trinajstić information content (AvgIpc) is 2.68. The summed E-state index contributed by atoms with van der Waals surface area (Å²) in [5.74, 6) is -0.681. The fraction of sp³-hybridized carbons (Fsp3) is 0.318. The molecule has 1 radical (unpaired) electrons. The molecule has 26 heavy (non-hydrogen) atoms. The summed E-state index contributed by atoms with van der Waals surface area (Å²) in [5, 5.41) is 0. The molecule has 0 aliphatic rings. The predicted octanol–water partition coefficient (Wildman–Crippen LogP) is 4.57. The molecule has 0 spiro atoms. The Labute approximate surface area is 155 Å². The van der Waals surface area contributed by atoms with E-state index in [1.807, 2.05) is 37.3 Å². The van der Waals surface area contributed by atoms with E-state index in [0.717, 1.165) is 17.5 Å². The van der Waals surface area contributed by atoms with Crippen LogP contribution in [-0.2, 0) is 14.9 Å². The Bertz CT molecular complexity index is 764. The Hall–Kier alpha value is -2.62. The molecule has 2 aromatic rings. The Morgan fingerprint density at radius 1 is 0.846 bits per heavy atom. The SMILES string of the molecule is [CH2]C(CC)(c1ccc(C(=O)OCC)cc1)c1cccc(C(=O)OCC)c1. The van der Waals surface area contributed by atoms with Crippen LogP contribution >= 0.6 is 0 Å². The number of rotatable bonds is 7. The van der Waals surface area contributed by atoms with E-state index in [0.29, 0.717) is 24.3 Å². The first-order valence-corrected chi connectivity index (χ1v) is 8.87. The summed E-state index contributed by atoms with van der Waals surface area (Å²) in [4.78, 5) is 23.9. The molecular weight excluding hydrogens is 328 g/mol. The van der Waals surface area contributed by atoms with Gasteiger partial charge in [0, 0.05) is 5.41 Å². The molecule has 0 aliphatic carbocycles. The number of hydrogen-bond donors (Lipinski definition) is 0. The molecule has 1 unspecified atom stereocenters. The Morgan fingerprint density at radius 2 is 1.42 bits per heavy atom. The number of ether oxygens (including phenoxy) is 2. The zero-order valence-electron chi connectivity index (χ0n) is 15.6. The van der Waals surface area contributed by atoms with Gasteiger partial charge in [-0.25, -0.2) is 9.59 Å². The second kappa shape index (κ2) is 8.65. The largest absolute Gasteiger partial charge is 0.462 e. The lowest BCUT2D eigenvalue weighted by atomic mass is 9.74. The summed E-state index contributed by atoms with van der Waals surface area (Å²) in [6.45, 7) is 10.7. The van der Waals surface area contributed by atoms with Crippen LogP contribution < -0.4 is 0 Å². The molecule has 2 rings (SSSR count). The van der Waals surface area contributed by atoms with Crippen LogP contribution in [-0.4, -0.2) is 25.2 Å². The van der Waals surface area contributed by atoms with Gasteiger partial charge in [0.25, 0.3) is 0 Å². The first-order chi connectivity index (χ1) is 12.5. The van der Waals surface area contributed by atoms with E-state index in [1.54, 1.807) is 32.0 Å². The van der Waals surface area contributed by atoms with Gasteiger partial charge in [0.2, 0.25) is 0 Å². The average molecular weight is 353 g/mol. The monoisotopic (exact) mass is 353 g/mol. The minimum Gasteiger partial charge on any atom is -0.462 e. The molecule has 0 bridgehead atoms. The van der Waals surface area contributed by atoms with E-state index in [4.69, 9.17) is 9.47 Å². The van der Waals surface area contributed by atoms with Crippen molar-refractivity contribution in [3.8, 4) is 0 Å². The zero-order valence-corrected chi connectivity index (χ0v) is 15.6. The quantitative estimate of drug-likeness (QED) is 0.684. The fourth-order valence-corrected chi connectivity index (χ4v) is 2.87. The smallest absolute Gasteiger partial charge is 0.338 e. The van der Waals surface area contributed by atoms with Crippen molar-refractivity contribution in [3.05, 3.63) is 77.7 Å². The summed E-state index contributed by atoms with van der Waals surface area (Å²) in [6.07, 6.45) is 0.734. The molecule has 0 saturated heterocycles. The normalized spacial score (nSPS) is 12.9. The van der Waals surface area contributed by atoms with Gasteiger partial charge in [-0.1, -0.05) is 31.2 Å². The van der Waals surface area contributed by atoms with Crippen LogP contribution in [0.4, 0.5) is 0 Å². The number of hydrogen-bond acceptors (Lipinski definition) is 4. The maximum atomic E-state index is 12.0. The Balaban J connectivity index is 2.37. The van der Waals surface area contributed by atoms with Crippen LogP contribution in [0.2, 0.25) is 0 Å². The van der Waals surface area contributed by atoms with Gasteiger partial charge in [-0.15, -0.1) is 0 Å². The van der Waals surface area contributed by atoms with Crippen molar-refractivity contribution in [1.29, 1.82) is 0 Å². The van der Waals surface area contributed by atoms with Gasteiger partial charge in [0.1, 0.15) is 0 Å². The molecule has 0 fully saturated rings. The van der Waals surface area contributed by atoms with Crippen LogP contribution in [0, 0.1) is 6.92 Å². The third kappa shape index (κ3) is 4.13. The van der Waals surface area contributed by atoms with Crippen LogP contribution in [0.5, 0.6) is 0 Å². The van der Waals surface area contributed by atoms with Gasteiger partial charge in [-0.3, -0.25) is 0 Å². The number of benzene rings is 2. The first kappa shape index (κ1) is 19.7. The lowest BCUT2D eigenvalue weighted by Crippen LogP contribution is -2.23. The summed E-state index contributed by atoms with van der Waals surface area (Å²) in [5.41, 5.74) is 2.38. The molecule has 0 heterocycles. The number of carbonyl (C=O) groups is 2. The van der Waals surface area contributed by atoms with Crippen molar-refractivity contribution < 1.29 is 19.1 Å². The van der Waals surface area contributed by atoms with Gasteiger partial charge in [0.05, 0.1) is 24.3 Å². The molecule has 0 N–H and O–H groups in total. The van der Waals surface area contributed by atoms with E-state index in [-0.39, 0.29) is 11.9 Å². The first-order valence-electron chi connectivity index (χ1n) is 8.87. The summed E-state index contributed by atoms with van der Waals surface area (Å²) in [6, 6.07) is 14.6. The van der Waals surface area contributed by atoms with Crippen molar-refractivity contribution in [2.24, 2.45) is 0 Å². The van der Waals surface area contributed by atoms with E-state index >= 15 is 0 Å². The molecule has 4 heteroatoms. The molecule has 0 aromatic heterocycles. The molecule has 1 atom stereocenters. The van der Waals surface area contributed by atoms with E-state index in [1.165, 1.54) is 0 Å². The highest BCUT2D eigenvalue weighted by atomic mass is 16.5. The van der Waals surface area contributed by atoms with Crippen molar-refractivity contribution in [2.45, 2.75) is 32.6 Å². The topological polar surface area (TPSA) is 52.6 Å². The molecule has 0 aliphatic heterocycles. The predicted molar refractivity (Wildman–Crippen MR) is 101 cm³/mol. The maximum absolute atomic E-state index is 12.0. The third-order valence-electron chi connectivity index (χ3n) is 4.48. The molecule has 0 amide bonds. The highest BCUT2D eigenvalue weighted by Crippen LogP contribution is 2.35. The standard InChI is InChI=1S/C22H25O4/c1-5-22(4,18-13-11-16(12-14-18)20(23)25-6-2)19-10-8-9-17(15-19)21(24)26-7-3/h8-15H,4-7H2,1-3H3. The molecular formula is C22H25O4. The number of esters is 2. The van der Waals surface area contributed by atoms with Crippen molar-refractivity contribution in [2.75, 3.05) is 13.2 Å². The second-order valence-electron chi connectivity index (χ2n) is 6.03. The highest BCUT2D eigenvalue weighted by molar-refractivity contribution is 5.90. The molecule has 2 aromatic carbocycles. The van der Waals surface area contributed by atoms with E-state index in [9.17, 15) is 9.59 Å². The van der Waals surface area contributed by atoms with E-state index in [2.05, 4.69) is 6.92 Å². The van der Waals surface area contributed by atoms with Crippen LogP contribution in [0.25, 0.3) is 0 Å². The highest BCUT2D eigenvalue weighted by Gasteiger charge is 2.28. The summed E-state index contributed by atoms with van der Waals surface area (Å²) in [7, 11) is 0. The van der Waals surface area contributed by atoms with Gasteiger partial charge < -0.3 is 9.47 Å². The zero-order chi connectivity index (χ0) is 19.2. The van der Waals surface area contributed by atoms with Crippen LogP contribution in [0.1, 0.15) is 59.0 Å². The molecule has 137 valence electrons. The molecule has 0 saturated carbocycles. The fourth-order valence-electron chi connectivity index (χ4n) is 2.87. The van der Waals surface area contributed by atoms with Crippen molar-refractivity contribution in [1.82, 2.24) is 0 Å². The van der Waals surface area contributed by atoms with Gasteiger partial charge >= 0.3 is 11.9 Å². The van der Waals surface area contributed by atoms with Gasteiger partial charge in [-0.05, 0) is 62.6 Å². The minimum atomic E-state index is -0.532. The summed E-state index contributed by atoms with van der Waals surface area (Å²) < 4.78 is 10.1. The third-order valence-corrected chi connectivity index (χ3v) is 4.48. The lowest BCUT2D eigenvalue weighted by Gasteiger charge is -2.30.